The third-order valence-electron chi connectivity index (χ3n) is 2.61. The molecular formula is C11H16N2. The molecule has 0 aromatic carbocycles. The average molecular weight is 176 g/mol. The van der Waals surface area contributed by atoms with E-state index >= 15 is 0 Å². The highest BCUT2D eigenvalue weighted by atomic mass is 14.8. The van der Waals surface area contributed by atoms with E-state index in [0.29, 0.717) is 5.92 Å². The smallest absolute Gasteiger partial charge is 0.0913 e. The van der Waals surface area contributed by atoms with Crippen LogP contribution in [0.3, 0.4) is 0 Å². The molecule has 0 saturated heterocycles. The van der Waals surface area contributed by atoms with Gasteiger partial charge in [0.1, 0.15) is 0 Å². The summed E-state index contributed by atoms with van der Waals surface area (Å²) in [5.74, 6) is 0.587. The summed E-state index contributed by atoms with van der Waals surface area (Å²) in [4.78, 5) is 7.62. The zero-order valence-corrected chi connectivity index (χ0v) is 8.04. The minimum absolute atomic E-state index is 0. The van der Waals surface area contributed by atoms with E-state index in [9.17, 15) is 0 Å². The fourth-order valence-electron chi connectivity index (χ4n) is 1.57. The van der Waals surface area contributed by atoms with Crippen LogP contribution in [-0.2, 0) is 0 Å². The Morgan fingerprint density at radius 2 is 2.46 bits per heavy atom. The van der Waals surface area contributed by atoms with E-state index in [1.165, 1.54) is 5.56 Å². The second-order valence-electron chi connectivity index (χ2n) is 3.45. The van der Waals surface area contributed by atoms with Crippen LogP contribution in [0.2, 0.25) is 0 Å². The number of fused-ring (bicyclic) bond motifs is 1. The second kappa shape index (κ2) is 3.21. The van der Waals surface area contributed by atoms with Crippen molar-refractivity contribution in [2.75, 3.05) is 0 Å². The van der Waals surface area contributed by atoms with Crippen molar-refractivity contribution in [2.24, 2.45) is 0 Å². The highest BCUT2D eigenvalue weighted by Gasteiger charge is 2.09. The molecule has 0 amide bonds. The van der Waals surface area contributed by atoms with Crippen LogP contribution >= 0.6 is 0 Å². The molecule has 13 heavy (non-hydrogen) atoms. The van der Waals surface area contributed by atoms with Crippen molar-refractivity contribution >= 4 is 11.0 Å². The summed E-state index contributed by atoms with van der Waals surface area (Å²) in [6, 6.07) is 4.02. The number of aromatic nitrogens is 2. The first-order valence-corrected chi connectivity index (χ1v) is 4.75. The van der Waals surface area contributed by atoms with Gasteiger partial charge in [0.15, 0.2) is 0 Å². The van der Waals surface area contributed by atoms with Crippen LogP contribution in [0, 0.1) is 0 Å². The van der Waals surface area contributed by atoms with E-state index in [4.69, 9.17) is 0 Å². The maximum atomic E-state index is 4.38. The van der Waals surface area contributed by atoms with Crippen molar-refractivity contribution in [3.8, 4) is 0 Å². The Morgan fingerprint density at radius 1 is 1.62 bits per heavy atom. The van der Waals surface area contributed by atoms with Crippen LogP contribution in [0.15, 0.2) is 24.5 Å². The van der Waals surface area contributed by atoms with E-state index in [2.05, 4.69) is 36.1 Å². The zero-order chi connectivity index (χ0) is 9.26. The Labute approximate surface area is 79.5 Å². The number of H-pyrrole nitrogens is 1. The van der Waals surface area contributed by atoms with Gasteiger partial charge < -0.3 is 4.98 Å². The highest BCUT2D eigenvalue weighted by Crippen LogP contribution is 2.25. The fourth-order valence-corrected chi connectivity index (χ4v) is 1.57. The SMILES string of the molecule is CCC(C)c1c[nH]c2cccnc12.[HH]. The Balaban J connectivity index is 0.000000980. The Hall–Kier alpha value is -1.31. The number of nitrogens with zero attached hydrogens (tertiary/aromatic N) is 1. The molecule has 2 heteroatoms. The molecular weight excluding hydrogens is 160 g/mol. The zero-order valence-electron chi connectivity index (χ0n) is 8.04. The molecule has 2 aromatic heterocycles. The van der Waals surface area contributed by atoms with Crippen molar-refractivity contribution in [2.45, 2.75) is 26.2 Å². The number of hydrogen-bond acceptors (Lipinski definition) is 1. The van der Waals surface area contributed by atoms with Crippen LogP contribution in [0.5, 0.6) is 0 Å². The lowest BCUT2D eigenvalue weighted by Gasteiger charge is -2.04. The van der Waals surface area contributed by atoms with Crippen molar-refractivity contribution < 1.29 is 1.43 Å². The third kappa shape index (κ3) is 1.32. The van der Waals surface area contributed by atoms with Crippen LogP contribution in [0.4, 0.5) is 0 Å². The number of rotatable bonds is 2. The van der Waals surface area contributed by atoms with E-state index in [0.717, 1.165) is 17.5 Å². The molecule has 2 nitrogen and oxygen atoms in total. The summed E-state index contributed by atoms with van der Waals surface area (Å²) >= 11 is 0. The van der Waals surface area contributed by atoms with Gasteiger partial charge in [-0.2, -0.15) is 0 Å². The van der Waals surface area contributed by atoms with E-state index < -0.39 is 0 Å². The minimum atomic E-state index is 0. The van der Waals surface area contributed by atoms with Crippen LogP contribution < -0.4 is 0 Å². The van der Waals surface area contributed by atoms with Gasteiger partial charge in [0, 0.05) is 13.8 Å². The molecule has 0 bridgehead atoms. The van der Waals surface area contributed by atoms with Crippen molar-refractivity contribution in [1.82, 2.24) is 9.97 Å². The van der Waals surface area contributed by atoms with Gasteiger partial charge in [-0.15, -0.1) is 0 Å². The number of hydrogen-bond donors (Lipinski definition) is 1. The summed E-state index contributed by atoms with van der Waals surface area (Å²) in [7, 11) is 0. The van der Waals surface area contributed by atoms with Crippen LogP contribution in [0.1, 0.15) is 33.2 Å². The third-order valence-corrected chi connectivity index (χ3v) is 2.61. The molecule has 2 rings (SSSR count). The molecule has 0 aliphatic carbocycles. The van der Waals surface area contributed by atoms with Crippen LogP contribution in [0.25, 0.3) is 11.0 Å². The molecule has 70 valence electrons. The van der Waals surface area contributed by atoms with Gasteiger partial charge in [0.05, 0.1) is 11.0 Å². The van der Waals surface area contributed by atoms with E-state index in [1.54, 1.807) is 0 Å². The predicted octanol–water partition coefficient (Wildman–Crippen LogP) is 3.32. The molecule has 1 atom stereocenters. The Bertz CT molecular complexity index is 408. The van der Waals surface area contributed by atoms with Crippen molar-refractivity contribution in [3.05, 3.63) is 30.1 Å². The van der Waals surface area contributed by atoms with Gasteiger partial charge >= 0.3 is 0 Å². The van der Waals surface area contributed by atoms with E-state index in [-0.39, 0.29) is 1.43 Å². The first-order chi connectivity index (χ1) is 6.33. The summed E-state index contributed by atoms with van der Waals surface area (Å²) in [5, 5.41) is 0. The largest absolute Gasteiger partial charge is 0.360 e. The lowest BCUT2D eigenvalue weighted by Crippen LogP contribution is -1.89. The number of pyridine rings is 1. The first-order valence-electron chi connectivity index (χ1n) is 4.75. The van der Waals surface area contributed by atoms with Gasteiger partial charge in [0.2, 0.25) is 0 Å². The van der Waals surface area contributed by atoms with Crippen molar-refractivity contribution in [3.63, 3.8) is 0 Å². The highest BCUT2D eigenvalue weighted by molar-refractivity contribution is 5.79. The summed E-state index contributed by atoms with van der Waals surface area (Å²) < 4.78 is 0. The standard InChI is InChI=1S/C11H14N2.H2/c1-3-8(2)9-7-13-10-5-4-6-12-11(9)10;/h4-8,13H,3H2,1-2H3;1H. The Kier molecular flexibility index (Phi) is 2.05. The molecule has 0 saturated carbocycles. The van der Waals surface area contributed by atoms with E-state index in [1.807, 2.05) is 12.3 Å². The molecule has 0 radical (unpaired) electrons. The van der Waals surface area contributed by atoms with Gasteiger partial charge in [-0.3, -0.25) is 4.98 Å². The van der Waals surface area contributed by atoms with Gasteiger partial charge in [0.25, 0.3) is 0 Å². The van der Waals surface area contributed by atoms with Gasteiger partial charge in [-0.1, -0.05) is 13.8 Å². The maximum absolute atomic E-state index is 4.38. The first kappa shape index (κ1) is 8.30. The van der Waals surface area contributed by atoms with Crippen molar-refractivity contribution in [1.29, 1.82) is 0 Å². The number of nitrogens with one attached hydrogen (secondary N) is 1. The minimum Gasteiger partial charge on any atom is -0.360 e. The fraction of sp³-hybridized carbons (Fsp3) is 0.364. The quantitative estimate of drug-likeness (QED) is 0.747. The van der Waals surface area contributed by atoms with Crippen LogP contribution in [-0.4, -0.2) is 9.97 Å². The molecule has 2 aromatic rings. The maximum Gasteiger partial charge on any atom is 0.0913 e. The average Bonchev–Trinajstić information content (AvgIpc) is 2.60. The molecule has 2 heterocycles. The topological polar surface area (TPSA) is 28.7 Å². The van der Waals surface area contributed by atoms with Gasteiger partial charge in [-0.25, -0.2) is 0 Å². The number of aromatic amines is 1. The lowest BCUT2D eigenvalue weighted by atomic mass is 10.0. The predicted molar refractivity (Wildman–Crippen MR) is 56.9 cm³/mol. The molecule has 1 unspecified atom stereocenters. The molecule has 0 spiro atoms. The summed E-state index contributed by atoms with van der Waals surface area (Å²) in [6.45, 7) is 4.43. The monoisotopic (exact) mass is 176 g/mol. The summed E-state index contributed by atoms with van der Waals surface area (Å²) in [5.41, 5.74) is 3.59. The molecule has 1 N–H and O–H groups in total. The molecule has 0 aliphatic rings. The molecule has 0 aliphatic heterocycles. The lowest BCUT2D eigenvalue weighted by molar-refractivity contribution is 0.738. The Morgan fingerprint density at radius 3 is 3.23 bits per heavy atom. The van der Waals surface area contributed by atoms with Gasteiger partial charge in [-0.05, 0) is 30.0 Å². The molecule has 0 fully saturated rings. The normalized spacial score (nSPS) is 13.4. The summed E-state index contributed by atoms with van der Waals surface area (Å²) in [6.07, 6.45) is 5.08. The second-order valence-corrected chi connectivity index (χ2v) is 3.45.